The summed E-state index contributed by atoms with van der Waals surface area (Å²) in [5.41, 5.74) is -5.75. The van der Waals surface area contributed by atoms with Crippen LogP contribution in [0.25, 0.3) is 89.0 Å². The maximum atomic E-state index is 10.0. The van der Waals surface area contributed by atoms with E-state index in [0.717, 1.165) is 0 Å². The van der Waals surface area contributed by atoms with E-state index in [-0.39, 0.29) is 55.8 Å². The van der Waals surface area contributed by atoms with E-state index in [1.165, 1.54) is 36.7 Å². The van der Waals surface area contributed by atoms with Gasteiger partial charge < -0.3 is 4.42 Å². The number of aromatic nitrogens is 2. The van der Waals surface area contributed by atoms with Gasteiger partial charge in [-0.1, -0.05) is 163 Å². The predicted molar refractivity (Wildman–Crippen MR) is 227 cm³/mol. The van der Waals surface area contributed by atoms with E-state index in [0.29, 0.717) is 10.9 Å². The molecule has 0 N–H and O–H groups in total. The summed E-state index contributed by atoms with van der Waals surface area (Å²) in [5.74, 6) is 0. The minimum absolute atomic E-state index is 0.111. The van der Waals surface area contributed by atoms with Gasteiger partial charge in [-0.3, -0.25) is 0 Å². The third-order valence-corrected chi connectivity index (χ3v) is 10.2. The van der Waals surface area contributed by atoms with Crippen molar-refractivity contribution in [3.63, 3.8) is 0 Å². The molecule has 3 heteroatoms. The summed E-state index contributed by atoms with van der Waals surface area (Å²) < 4.78 is 222. The summed E-state index contributed by atoms with van der Waals surface area (Å²) in [6.45, 7) is 0. The SMILES string of the molecule is [2H]c1c([2H])c([2H])c(-c2c([2H])c([2H])c(-c3ccc4oc5c(-c6cccc(-c7c([2H])c([2H])c8c(c7[2H])-c7c([2H])c([2H])c([2H])c([2H])c7C87c8c([2H])c([2H])c([2H])c([2H])c8-c8c([2H])c([2H])c([2H])c([2H])c87)c6)ncnc5c4c3)c([2H])c2[2H])c([2H])c1[2H]. The first-order valence-corrected chi connectivity index (χ1v) is 17.2. The molecule has 0 unspecified atom stereocenters. The van der Waals surface area contributed by atoms with Crippen molar-refractivity contribution >= 4 is 22.1 Å². The topological polar surface area (TPSA) is 38.9 Å². The summed E-state index contributed by atoms with van der Waals surface area (Å²) in [6, 6.07) is -6.36. The van der Waals surface area contributed by atoms with Gasteiger partial charge in [-0.25, -0.2) is 9.97 Å². The molecule has 0 bridgehead atoms. The Labute approximate surface area is 358 Å². The third-order valence-electron chi connectivity index (χ3n) is 10.2. The molecule has 0 saturated carbocycles. The third kappa shape index (κ3) is 4.34. The van der Waals surface area contributed by atoms with Crippen LogP contribution >= 0.6 is 0 Å². The van der Waals surface area contributed by atoms with E-state index >= 15 is 0 Å². The average molecular weight is 737 g/mol. The number of hydrogen-bond donors (Lipinski definition) is 0. The van der Waals surface area contributed by atoms with E-state index in [9.17, 15) is 9.60 Å². The standard InChI is InChI=1S/C53H32N2O/c1-2-11-33(12-3-1)34-21-23-35(24-22-34)37-26-28-49-44(31-37)51-52(56-49)50(54-32-55-51)39-14-10-13-36(29-39)38-25-27-48-43(30-38)42-17-6-9-20-47(42)53(48)45-18-7-4-15-40(45)41-16-5-8-19-46(41)53/h1-32H/i1D,2D,3D,4D,5D,6D,7D,8D,9D,11D,12D,15D,16D,17D,18D,19D,20D,21D,22D,23D,24D,25D,27D,30D. The summed E-state index contributed by atoms with van der Waals surface area (Å²) in [6.07, 6.45) is 1.23. The summed E-state index contributed by atoms with van der Waals surface area (Å²) in [7, 11) is 0. The van der Waals surface area contributed by atoms with Crippen LogP contribution in [-0.4, -0.2) is 9.97 Å². The Balaban J connectivity index is 1.06. The zero-order chi connectivity index (χ0) is 57.7. The first kappa shape index (κ1) is 15.8. The highest BCUT2D eigenvalue weighted by Crippen LogP contribution is 2.63. The average Bonchev–Trinajstić information content (AvgIpc) is 2.57. The predicted octanol–water partition coefficient (Wildman–Crippen LogP) is 13.4. The summed E-state index contributed by atoms with van der Waals surface area (Å²) in [5, 5.41) is 0.338. The first-order chi connectivity index (χ1) is 37.7. The lowest BCUT2D eigenvalue weighted by Gasteiger charge is -2.30. The van der Waals surface area contributed by atoms with Crippen LogP contribution < -0.4 is 0 Å². The van der Waals surface area contributed by atoms with Gasteiger partial charge in [0.2, 0.25) is 0 Å². The molecule has 3 nitrogen and oxygen atoms in total. The highest BCUT2D eigenvalue weighted by atomic mass is 16.3. The van der Waals surface area contributed by atoms with E-state index < -0.39 is 195 Å². The lowest BCUT2D eigenvalue weighted by molar-refractivity contribution is 0.667. The van der Waals surface area contributed by atoms with Crippen molar-refractivity contribution in [2.45, 2.75) is 5.41 Å². The molecular formula is C53H32N2O. The fourth-order valence-corrected chi connectivity index (χ4v) is 7.83. The molecule has 260 valence electrons. The molecule has 0 saturated heterocycles. The van der Waals surface area contributed by atoms with Crippen LogP contribution in [0.2, 0.25) is 0 Å². The van der Waals surface area contributed by atoms with Crippen molar-refractivity contribution in [1.29, 1.82) is 0 Å². The lowest BCUT2D eigenvalue weighted by Crippen LogP contribution is -2.25. The van der Waals surface area contributed by atoms with Gasteiger partial charge in [-0.15, -0.1) is 0 Å². The normalized spacial score (nSPS) is 19.1. The van der Waals surface area contributed by atoms with Gasteiger partial charge >= 0.3 is 0 Å². The van der Waals surface area contributed by atoms with Gasteiger partial charge in [0.1, 0.15) is 23.1 Å². The number of rotatable bonds is 4. The van der Waals surface area contributed by atoms with E-state index in [1.807, 2.05) is 0 Å². The highest BCUT2D eigenvalue weighted by Gasteiger charge is 2.51. The molecule has 1 spiro atoms. The molecule has 0 atom stereocenters. The van der Waals surface area contributed by atoms with Gasteiger partial charge in [0.25, 0.3) is 0 Å². The maximum absolute atomic E-state index is 10.0. The Morgan fingerprint density at radius 1 is 0.446 bits per heavy atom. The van der Waals surface area contributed by atoms with Gasteiger partial charge in [0.05, 0.1) is 38.3 Å². The van der Waals surface area contributed by atoms with Crippen LogP contribution in [0, 0.1) is 0 Å². The lowest BCUT2D eigenvalue weighted by atomic mass is 9.70. The Morgan fingerprint density at radius 2 is 1.00 bits per heavy atom. The number of benzene rings is 8. The Hall–Kier alpha value is -7.36. The van der Waals surface area contributed by atoms with Crippen molar-refractivity contribution in [1.82, 2.24) is 9.97 Å². The first-order valence-electron chi connectivity index (χ1n) is 29.2. The molecule has 0 fully saturated rings. The van der Waals surface area contributed by atoms with Gasteiger partial charge in [-0.2, -0.15) is 0 Å². The second-order valence-electron chi connectivity index (χ2n) is 13.0. The van der Waals surface area contributed by atoms with Gasteiger partial charge in [0.15, 0.2) is 5.58 Å². The number of fused-ring (bicyclic) bond motifs is 13. The van der Waals surface area contributed by atoms with E-state index in [1.54, 1.807) is 12.1 Å². The Morgan fingerprint density at radius 3 is 1.71 bits per heavy atom. The summed E-state index contributed by atoms with van der Waals surface area (Å²) >= 11 is 0. The molecule has 2 aliphatic carbocycles. The second kappa shape index (κ2) is 11.8. The van der Waals surface area contributed by atoms with Crippen LogP contribution in [0.1, 0.15) is 55.2 Å². The van der Waals surface area contributed by atoms with Crippen molar-refractivity contribution in [3.8, 4) is 66.9 Å². The Kier molecular flexibility index (Phi) is 3.33. The van der Waals surface area contributed by atoms with Crippen LogP contribution in [0.3, 0.4) is 0 Å². The minimum Gasteiger partial charge on any atom is -0.452 e. The number of hydrogen-bond acceptors (Lipinski definition) is 3. The Bertz CT molecular complexity index is 4480. The molecule has 10 aromatic rings. The quantitative estimate of drug-likeness (QED) is 0.181. The second-order valence-corrected chi connectivity index (χ2v) is 13.0. The van der Waals surface area contributed by atoms with Crippen molar-refractivity contribution in [2.24, 2.45) is 0 Å². The maximum Gasteiger partial charge on any atom is 0.180 e. The molecule has 8 aromatic carbocycles. The van der Waals surface area contributed by atoms with Crippen LogP contribution in [0.4, 0.5) is 0 Å². The molecule has 2 heterocycles. The monoisotopic (exact) mass is 736 g/mol. The summed E-state index contributed by atoms with van der Waals surface area (Å²) in [4.78, 5) is 9.01. The van der Waals surface area contributed by atoms with Crippen LogP contribution in [0.5, 0.6) is 0 Å². The molecule has 2 aliphatic rings. The molecule has 12 rings (SSSR count). The van der Waals surface area contributed by atoms with Crippen LogP contribution in [0.15, 0.2) is 198 Å². The smallest absolute Gasteiger partial charge is 0.180 e. The van der Waals surface area contributed by atoms with Crippen molar-refractivity contribution < 1.29 is 37.3 Å². The van der Waals surface area contributed by atoms with Gasteiger partial charge in [-0.05, 0) is 102 Å². The number of furan rings is 1. The van der Waals surface area contributed by atoms with Crippen molar-refractivity contribution in [2.75, 3.05) is 0 Å². The minimum atomic E-state index is -2.52. The van der Waals surface area contributed by atoms with E-state index in [2.05, 4.69) is 9.97 Å². The van der Waals surface area contributed by atoms with E-state index in [4.69, 9.17) is 27.7 Å². The molecule has 56 heavy (non-hydrogen) atoms. The fourth-order valence-electron chi connectivity index (χ4n) is 7.83. The zero-order valence-corrected chi connectivity index (χ0v) is 28.4. The van der Waals surface area contributed by atoms with Crippen molar-refractivity contribution in [3.05, 3.63) is 216 Å². The van der Waals surface area contributed by atoms with Gasteiger partial charge in [0, 0.05) is 10.9 Å². The molecule has 2 aromatic heterocycles. The highest BCUT2D eigenvalue weighted by molar-refractivity contribution is 6.08. The molecule has 0 amide bonds. The fraction of sp³-hybridized carbons (Fsp3) is 0.0189. The number of nitrogens with zero attached hydrogens (tertiary/aromatic N) is 2. The molecule has 0 aliphatic heterocycles. The molecule has 0 radical (unpaired) electrons. The van der Waals surface area contributed by atoms with Crippen LogP contribution in [-0.2, 0) is 5.41 Å². The molecular weight excluding hydrogens is 681 g/mol. The zero-order valence-electron chi connectivity index (χ0n) is 52.4. The largest absolute Gasteiger partial charge is 0.452 e.